The summed E-state index contributed by atoms with van der Waals surface area (Å²) in [5.41, 5.74) is 2.12. The molecule has 1 aromatic carbocycles. The fraction of sp³-hybridized carbons (Fsp3) is 0.588. The highest BCUT2D eigenvalue weighted by Gasteiger charge is 2.29. The lowest BCUT2D eigenvalue weighted by Gasteiger charge is -2.32. The average molecular weight is 303 g/mol. The van der Waals surface area contributed by atoms with E-state index in [0.29, 0.717) is 5.92 Å². The van der Waals surface area contributed by atoms with E-state index in [2.05, 4.69) is 21.6 Å². The van der Waals surface area contributed by atoms with Crippen molar-refractivity contribution in [1.82, 2.24) is 10.2 Å². The molecule has 120 valence electrons. The van der Waals surface area contributed by atoms with E-state index in [-0.39, 0.29) is 11.8 Å². The summed E-state index contributed by atoms with van der Waals surface area (Å²) in [5.74, 6) is 0.644. The van der Waals surface area contributed by atoms with E-state index in [4.69, 9.17) is 4.74 Å². The zero-order chi connectivity index (χ0) is 15.4. The van der Waals surface area contributed by atoms with Gasteiger partial charge in [0, 0.05) is 31.2 Å². The maximum Gasteiger partial charge on any atom is 0.227 e. The van der Waals surface area contributed by atoms with E-state index < -0.39 is 0 Å². The Kier molecular flexibility index (Phi) is 5.08. The Morgan fingerprint density at radius 1 is 1.36 bits per heavy atom. The van der Waals surface area contributed by atoms with Crippen molar-refractivity contribution in [3.05, 3.63) is 29.8 Å². The molecule has 0 radical (unpaired) electrons. The van der Waals surface area contributed by atoms with Crippen molar-refractivity contribution < 1.29 is 9.53 Å². The number of carbonyl (C=O) groups is 1. The third-order valence-electron chi connectivity index (χ3n) is 4.71. The van der Waals surface area contributed by atoms with Crippen molar-refractivity contribution in [2.75, 3.05) is 44.7 Å². The maximum atomic E-state index is 12.4. The van der Waals surface area contributed by atoms with Gasteiger partial charge >= 0.3 is 0 Å². The summed E-state index contributed by atoms with van der Waals surface area (Å²) >= 11 is 0. The molecule has 3 rings (SSSR count). The molecule has 0 saturated carbocycles. The molecule has 22 heavy (non-hydrogen) atoms. The van der Waals surface area contributed by atoms with Gasteiger partial charge < -0.3 is 15.4 Å². The number of para-hydroxylation sites is 1. The van der Waals surface area contributed by atoms with Gasteiger partial charge in [-0.2, -0.15) is 0 Å². The minimum Gasteiger partial charge on any atom is -0.379 e. The van der Waals surface area contributed by atoms with Crippen LogP contribution in [-0.4, -0.2) is 50.2 Å². The Hall–Kier alpha value is -1.43. The van der Waals surface area contributed by atoms with Gasteiger partial charge in [-0.05, 0) is 30.6 Å². The van der Waals surface area contributed by atoms with Crippen molar-refractivity contribution in [3.8, 4) is 0 Å². The van der Waals surface area contributed by atoms with Crippen molar-refractivity contribution in [2.45, 2.75) is 13.5 Å². The van der Waals surface area contributed by atoms with Gasteiger partial charge in [-0.25, -0.2) is 0 Å². The monoisotopic (exact) mass is 303 g/mol. The quantitative estimate of drug-likeness (QED) is 0.861. The molecule has 2 N–H and O–H groups in total. The van der Waals surface area contributed by atoms with Crippen molar-refractivity contribution >= 4 is 11.6 Å². The standard InChI is InChI=1S/C17H25N3O2/c1-13(15-10-18-11-15)17(21)19-16-5-3-2-4-14(16)12-20-6-8-22-9-7-20/h2-5,13,15,18H,6-12H2,1H3,(H,19,21). The molecule has 1 aromatic rings. The molecule has 0 aliphatic carbocycles. The van der Waals surface area contributed by atoms with Gasteiger partial charge in [-0.1, -0.05) is 25.1 Å². The first-order valence-corrected chi connectivity index (χ1v) is 8.13. The number of carbonyl (C=O) groups excluding carboxylic acids is 1. The lowest BCUT2D eigenvalue weighted by atomic mass is 9.88. The Labute approximate surface area is 132 Å². The third-order valence-corrected chi connectivity index (χ3v) is 4.71. The second-order valence-electron chi connectivity index (χ2n) is 6.24. The Bertz CT molecular complexity index is 510. The first-order valence-electron chi connectivity index (χ1n) is 8.13. The van der Waals surface area contributed by atoms with Crippen molar-refractivity contribution in [3.63, 3.8) is 0 Å². The molecule has 0 spiro atoms. The van der Waals surface area contributed by atoms with E-state index >= 15 is 0 Å². The summed E-state index contributed by atoms with van der Waals surface area (Å²) < 4.78 is 5.39. The minimum absolute atomic E-state index is 0.0534. The number of nitrogens with one attached hydrogen (secondary N) is 2. The lowest BCUT2D eigenvalue weighted by Crippen LogP contribution is -2.48. The number of hydrogen-bond acceptors (Lipinski definition) is 4. The lowest BCUT2D eigenvalue weighted by molar-refractivity contribution is -0.121. The van der Waals surface area contributed by atoms with E-state index in [1.54, 1.807) is 0 Å². The Balaban J connectivity index is 1.63. The van der Waals surface area contributed by atoms with Crippen LogP contribution in [-0.2, 0) is 16.1 Å². The van der Waals surface area contributed by atoms with E-state index in [0.717, 1.165) is 51.6 Å². The molecule has 0 aromatic heterocycles. The molecule has 1 atom stereocenters. The normalized spacial score (nSPS) is 21.1. The molecule has 2 fully saturated rings. The van der Waals surface area contributed by atoms with E-state index in [1.807, 2.05) is 25.1 Å². The summed E-state index contributed by atoms with van der Waals surface area (Å²) in [4.78, 5) is 14.8. The summed E-state index contributed by atoms with van der Waals surface area (Å²) in [6.45, 7) is 8.26. The van der Waals surface area contributed by atoms with Crippen molar-refractivity contribution in [1.29, 1.82) is 0 Å². The van der Waals surface area contributed by atoms with Crippen LogP contribution >= 0.6 is 0 Å². The van der Waals surface area contributed by atoms with Crippen LogP contribution < -0.4 is 10.6 Å². The number of benzene rings is 1. The fourth-order valence-electron chi connectivity index (χ4n) is 2.91. The maximum absolute atomic E-state index is 12.4. The number of amides is 1. The van der Waals surface area contributed by atoms with Crippen LogP contribution in [0.3, 0.4) is 0 Å². The van der Waals surface area contributed by atoms with Gasteiger partial charge in [-0.15, -0.1) is 0 Å². The van der Waals surface area contributed by atoms with E-state index in [1.165, 1.54) is 5.56 Å². The van der Waals surface area contributed by atoms with Crippen LogP contribution in [0.1, 0.15) is 12.5 Å². The SMILES string of the molecule is CC(C(=O)Nc1ccccc1CN1CCOCC1)C1CNC1. The first kappa shape index (κ1) is 15.5. The second-order valence-corrected chi connectivity index (χ2v) is 6.24. The van der Waals surface area contributed by atoms with Crippen LogP contribution in [0.4, 0.5) is 5.69 Å². The highest BCUT2D eigenvalue weighted by Crippen LogP contribution is 2.22. The first-order chi connectivity index (χ1) is 10.7. The molecule has 5 heteroatoms. The molecule has 2 aliphatic rings. The van der Waals surface area contributed by atoms with Crippen LogP contribution in [0.15, 0.2) is 24.3 Å². The van der Waals surface area contributed by atoms with Crippen LogP contribution in [0.2, 0.25) is 0 Å². The fourth-order valence-corrected chi connectivity index (χ4v) is 2.91. The van der Waals surface area contributed by atoms with Gasteiger partial charge in [0.1, 0.15) is 0 Å². The highest BCUT2D eigenvalue weighted by molar-refractivity contribution is 5.93. The zero-order valence-electron chi connectivity index (χ0n) is 13.2. The van der Waals surface area contributed by atoms with Gasteiger partial charge in [0.05, 0.1) is 13.2 Å². The topological polar surface area (TPSA) is 53.6 Å². The van der Waals surface area contributed by atoms with Crippen LogP contribution in [0, 0.1) is 11.8 Å². The van der Waals surface area contributed by atoms with Gasteiger partial charge in [0.2, 0.25) is 5.91 Å². The summed E-state index contributed by atoms with van der Waals surface area (Å²) in [6.07, 6.45) is 0. The number of rotatable bonds is 5. The number of nitrogens with zero attached hydrogens (tertiary/aromatic N) is 1. The predicted octanol–water partition coefficient (Wildman–Crippen LogP) is 1.31. The molecule has 1 amide bonds. The zero-order valence-corrected chi connectivity index (χ0v) is 13.2. The summed E-state index contributed by atoms with van der Waals surface area (Å²) in [7, 11) is 0. The van der Waals surface area contributed by atoms with Gasteiger partial charge in [0.15, 0.2) is 0 Å². The number of anilines is 1. The molecule has 2 aliphatic heterocycles. The Morgan fingerprint density at radius 3 is 2.77 bits per heavy atom. The van der Waals surface area contributed by atoms with E-state index in [9.17, 15) is 4.79 Å². The third kappa shape index (κ3) is 3.66. The largest absolute Gasteiger partial charge is 0.379 e. The molecule has 1 unspecified atom stereocenters. The Morgan fingerprint density at radius 2 is 2.09 bits per heavy atom. The molecule has 5 nitrogen and oxygen atoms in total. The molecule has 2 heterocycles. The number of hydrogen-bond donors (Lipinski definition) is 2. The minimum atomic E-state index is 0.0534. The van der Waals surface area contributed by atoms with Gasteiger partial charge in [-0.3, -0.25) is 9.69 Å². The summed E-state index contributed by atoms with van der Waals surface area (Å²) in [5, 5.41) is 6.35. The van der Waals surface area contributed by atoms with Crippen molar-refractivity contribution in [2.24, 2.45) is 11.8 Å². The predicted molar refractivity (Wildman–Crippen MR) is 86.7 cm³/mol. The molecular formula is C17H25N3O2. The average Bonchev–Trinajstić information content (AvgIpc) is 2.48. The highest BCUT2D eigenvalue weighted by atomic mass is 16.5. The second kappa shape index (κ2) is 7.22. The summed E-state index contributed by atoms with van der Waals surface area (Å²) in [6, 6.07) is 8.11. The molecule has 0 bridgehead atoms. The van der Waals surface area contributed by atoms with Gasteiger partial charge in [0.25, 0.3) is 0 Å². The molecule has 2 saturated heterocycles. The van der Waals surface area contributed by atoms with Crippen LogP contribution in [0.5, 0.6) is 0 Å². The number of morpholine rings is 1. The van der Waals surface area contributed by atoms with Crippen LogP contribution in [0.25, 0.3) is 0 Å². The smallest absolute Gasteiger partial charge is 0.227 e. The number of ether oxygens (including phenoxy) is 1. The molecular weight excluding hydrogens is 278 g/mol.